The zero-order valence-electron chi connectivity index (χ0n) is 8.85. The van der Waals surface area contributed by atoms with Crippen LogP contribution in [0.5, 0.6) is 0 Å². The van der Waals surface area contributed by atoms with Crippen LogP contribution in [0.3, 0.4) is 0 Å². The van der Waals surface area contributed by atoms with Crippen LogP contribution >= 0.6 is 15.9 Å². The lowest BCUT2D eigenvalue weighted by Gasteiger charge is -2.04. The molecule has 0 unspecified atom stereocenters. The third-order valence-electron chi connectivity index (χ3n) is 2.67. The molecular formula is C11H15BrN2O. The molecule has 0 saturated heterocycles. The molecule has 1 aromatic heterocycles. The number of nitrogens with one attached hydrogen (secondary N) is 1. The third-order valence-corrected chi connectivity index (χ3v) is 3.44. The number of unbranched alkanes of at least 4 members (excludes halogenated alkanes) is 1. The Kier molecular flexibility index (Phi) is 3.24. The van der Waals surface area contributed by atoms with Crippen LogP contribution in [-0.2, 0) is 6.42 Å². The fourth-order valence-electron chi connectivity index (χ4n) is 1.61. The van der Waals surface area contributed by atoms with Crippen LogP contribution in [0.15, 0.2) is 9.27 Å². The van der Waals surface area contributed by atoms with Gasteiger partial charge in [-0.3, -0.25) is 4.79 Å². The molecule has 1 fully saturated rings. The van der Waals surface area contributed by atoms with Gasteiger partial charge in [0.1, 0.15) is 10.3 Å². The summed E-state index contributed by atoms with van der Waals surface area (Å²) in [4.78, 5) is 19.0. The lowest BCUT2D eigenvalue weighted by atomic mass is 10.2. The molecule has 1 heterocycles. The van der Waals surface area contributed by atoms with Gasteiger partial charge in [-0.2, -0.15) is 0 Å². The van der Waals surface area contributed by atoms with E-state index >= 15 is 0 Å². The summed E-state index contributed by atoms with van der Waals surface area (Å²) in [6.45, 7) is 2.14. The van der Waals surface area contributed by atoms with E-state index in [1.165, 1.54) is 12.8 Å². The Morgan fingerprint density at radius 2 is 2.27 bits per heavy atom. The third kappa shape index (κ3) is 2.48. The molecule has 1 aromatic rings. The normalized spacial score (nSPS) is 15.6. The van der Waals surface area contributed by atoms with E-state index in [2.05, 4.69) is 32.8 Å². The topological polar surface area (TPSA) is 45.8 Å². The number of halogens is 1. The van der Waals surface area contributed by atoms with Gasteiger partial charge in [0.25, 0.3) is 5.56 Å². The average Bonchev–Trinajstić information content (AvgIpc) is 3.03. The Balaban J connectivity index is 2.29. The van der Waals surface area contributed by atoms with E-state index in [4.69, 9.17) is 0 Å². The Labute approximate surface area is 97.4 Å². The lowest BCUT2D eigenvalue weighted by Crippen LogP contribution is -2.15. The second-order valence-corrected chi connectivity index (χ2v) is 4.88. The Bertz CT molecular complexity index is 410. The van der Waals surface area contributed by atoms with E-state index in [1.807, 2.05) is 0 Å². The zero-order valence-corrected chi connectivity index (χ0v) is 10.4. The number of aromatic amines is 1. The predicted octanol–water partition coefficient (Wildman–Crippen LogP) is 2.75. The highest BCUT2D eigenvalue weighted by Gasteiger charge is 2.28. The standard InChI is InChI=1S/C11H15BrN2O/c1-2-3-4-8-13-10(7-5-6-7)9(12)11(15)14-8/h7H,2-6H2,1H3,(H,13,14,15). The average molecular weight is 271 g/mol. The van der Waals surface area contributed by atoms with Crippen molar-refractivity contribution in [1.29, 1.82) is 0 Å². The summed E-state index contributed by atoms with van der Waals surface area (Å²) in [6.07, 6.45) is 5.41. The van der Waals surface area contributed by atoms with Crippen LogP contribution in [0.4, 0.5) is 0 Å². The van der Waals surface area contributed by atoms with Gasteiger partial charge in [0.05, 0.1) is 5.69 Å². The Morgan fingerprint density at radius 1 is 1.53 bits per heavy atom. The van der Waals surface area contributed by atoms with Crippen LogP contribution < -0.4 is 5.56 Å². The summed E-state index contributed by atoms with van der Waals surface area (Å²) >= 11 is 3.32. The van der Waals surface area contributed by atoms with Gasteiger partial charge in [-0.05, 0) is 35.2 Å². The van der Waals surface area contributed by atoms with Gasteiger partial charge in [-0.15, -0.1) is 0 Å². The molecule has 4 heteroatoms. The minimum atomic E-state index is -0.0296. The first-order chi connectivity index (χ1) is 7.22. The first-order valence-electron chi connectivity index (χ1n) is 5.51. The van der Waals surface area contributed by atoms with Gasteiger partial charge in [0.15, 0.2) is 0 Å². The Hall–Kier alpha value is -0.640. The van der Waals surface area contributed by atoms with Crippen molar-refractivity contribution in [2.45, 2.75) is 44.9 Å². The highest BCUT2D eigenvalue weighted by atomic mass is 79.9. The van der Waals surface area contributed by atoms with Crippen molar-refractivity contribution in [3.8, 4) is 0 Å². The van der Waals surface area contributed by atoms with Crippen LogP contribution in [0, 0.1) is 0 Å². The quantitative estimate of drug-likeness (QED) is 0.915. The van der Waals surface area contributed by atoms with Gasteiger partial charge in [-0.1, -0.05) is 13.3 Å². The number of aryl methyl sites for hydroxylation is 1. The lowest BCUT2D eigenvalue weighted by molar-refractivity contribution is 0.735. The van der Waals surface area contributed by atoms with Crippen molar-refractivity contribution in [2.75, 3.05) is 0 Å². The van der Waals surface area contributed by atoms with E-state index in [0.717, 1.165) is 30.8 Å². The van der Waals surface area contributed by atoms with E-state index in [1.54, 1.807) is 0 Å². The molecule has 0 bridgehead atoms. The van der Waals surface area contributed by atoms with Crippen molar-refractivity contribution in [3.05, 3.63) is 26.3 Å². The minimum Gasteiger partial charge on any atom is -0.310 e. The number of nitrogens with zero attached hydrogens (tertiary/aromatic N) is 1. The maximum Gasteiger partial charge on any atom is 0.265 e. The summed E-state index contributed by atoms with van der Waals surface area (Å²) in [5, 5.41) is 0. The molecule has 0 atom stereocenters. The van der Waals surface area contributed by atoms with Crippen LogP contribution in [0.2, 0.25) is 0 Å². The molecule has 0 spiro atoms. The maximum atomic E-state index is 11.6. The number of aromatic nitrogens is 2. The fraction of sp³-hybridized carbons (Fsp3) is 0.636. The van der Waals surface area contributed by atoms with Crippen molar-refractivity contribution in [3.63, 3.8) is 0 Å². The van der Waals surface area contributed by atoms with Crippen LogP contribution in [0.25, 0.3) is 0 Å². The summed E-state index contributed by atoms with van der Waals surface area (Å²) in [5.41, 5.74) is 0.933. The summed E-state index contributed by atoms with van der Waals surface area (Å²) in [7, 11) is 0. The fourth-order valence-corrected chi connectivity index (χ4v) is 2.13. The molecule has 0 amide bonds. The van der Waals surface area contributed by atoms with Gasteiger partial charge in [-0.25, -0.2) is 4.98 Å². The molecule has 0 radical (unpaired) electrons. The summed E-state index contributed by atoms with van der Waals surface area (Å²) < 4.78 is 0.630. The summed E-state index contributed by atoms with van der Waals surface area (Å²) in [6, 6.07) is 0. The molecule has 2 rings (SSSR count). The van der Waals surface area contributed by atoms with Crippen molar-refractivity contribution in [2.24, 2.45) is 0 Å². The van der Waals surface area contributed by atoms with Gasteiger partial charge < -0.3 is 4.98 Å². The predicted molar refractivity (Wildman–Crippen MR) is 63.1 cm³/mol. The van der Waals surface area contributed by atoms with Crippen molar-refractivity contribution >= 4 is 15.9 Å². The largest absolute Gasteiger partial charge is 0.310 e. The molecule has 3 nitrogen and oxygen atoms in total. The second-order valence-electron chi connectivity index (χ2n) is 4.09. The molecule has 0 aromatic carbocycles. The van der Waals surface area contributed by atoms with Crippen molar-refractivity contribution < 1.29 is 0 Å². The highest BCUT2D eigenvalue weighted by Crippen LogP contribution is 2.41. The van der Waals surface area contributed by atoms with Crippen LogP contribution in [0.1, 0.15) is 50.0 Å². The monoisotopic (exact) mass is 270 g/mol. The van der Waals surface area contributed by atoms with Crippen LogP contribution in [-0.4, -0.2) is 9.97 Å². The SMILES string of the molecule is CCCCc1nc(C2CC2)c(Br)c(=O)[nH]1. The first kappa shape index (κ1) is 10.9. The molecule has 1 saturated carbocycles. The van der Waals surface area contributed by atoms with Gasteiger partial charge >= 0.3 is 0 Å². The molecule has 1 aliphatic carbocycles. The molecule has 15 heavy (non-hydrogen) atoms. The second kappa shape index (κ2) is 4.47. The Morgan fingerprint density at radius 3 is 2.87 bits per heavy atom. The molecular weight excluding hydrogens is 256 g/mol. The van der Waals surface area contributed by atoms with E-state index in [0.29, 0.717) is 10.4 Å². The first-order valence-corrected chi connectivity index (χ1v) is 6.30. The van der Waals surface area contributed by atoms with Gasteiger partial charge in [0, 0.05) is 12.3 Å². The van der Waals surface area contributed by atoms with Gasteiger partial charge in [0.2, 0.25) is 0 Å². The number of hydrogen-bond donors (Lipinski definition) is 1. The van der Waals surface area contributed by atoms with Crippen molar-refractivity contribution in [1.82, 2.24) is 9.97 Å². The zero-order chi connectivity index (χ0) is 10.8. The highest BCUT2D eigenvalue weighted by molar-refractivity contribution is 9.10. The van der Waals surface area contributed by atoms with E-state index < -0.39 is 0 Å². The maximum absolute atomic E-state index is 11.6. The molecule has 82 valence electrons. The van der Waals surface area contributed by atoms with E-state index in [-0.39, 0.29) is 5.56 Å². The number of H-pyrrole nitrogens is 1. The number of rotatable bonds is 4. The smallest absolute Gasteiger partial charge is 0.265 e. The minimum absolute atomic E-state index is 0.0296. The van der Waals surface area contributed by atoms with E-state index in [9.17, 15) is 4.79 Å². The molecule has 0 aliphatic heterocycles. The number of hydrogen-bond acceptors (Lipinski definition) is 2. The summed E-state index contributed by atoms with van der Waals surface area (Å²) in [5.74, 6) is 1.36. The molecule has 1 aliphatic rings. The molecule has 1 N–H and O–H groups in total.